The van der Waals surface area contributed by atoms with Gasteiger partial charge in [0.15, 0.2) is 0 Å². The summed E-state index contributed by atoms with van der Waals surface area (Å²) in [5, 5.41) is 16.9. The van der Waals surface area contributed by atoms with Crippen LogP contribution in [0.4, 0.5) is 5.82 Å². The maximum absolute atomic E-state index is 4.11. The highest BCUT2D eigenvalue weighted by atomic mass is 15.2. The zero-order valence-corrected chi connectivity index (χ0v) is 7.55. The zero-order chi connectivity index (χ0) is 9.26. The molecule has 0 bridgehead atoms. The summed E-state index contributed by atoms with van der Waals surface area (Å²) in [7, 11) is 1.83. The maximum Gasteiger partial charge on any atom is 0.148 e. The van der Waals surface area contributed by atoms with Crippen molar-refractivity contribution in [2.24, 2.45) is 0 Å². The van der Waals surface area contributed by atoms with Gasteiger partial charge in [0.1, 0.15) is 11.5 Å². The van der Waals surface area contributed by atoms with E-state index in [1.807, 2.05) is 26.1 Å². The molecule has 5 nitrogen and oxygen atoms in total. The van der Waals surface area contributed by atoms with E-state index in [2.05, 4.69) is 25.7 Å². The van der Waals surface area contributed by atoms with Crippen molar-refractivity contribution in [1.82, 2.24) is 20.4 Å². The Hall–Kier alpha value is -1.78. The molecule has 0 fully saturated rings. The van der Waals surface area contributed by atoms with Crippen LogP contribution < -0.4 is 5.32 Å². The van der Waals surface area contributed by atoms with Crippen LogP contribution in [0.1, 0.15) is 5.69 Å². The Bertz CT molecular complexity index is 400. The summed E-state index contributed by atoms with van der Waals surface area (Å²) in [5.74, 6) is 0.815. The van der Waals surface area contributed by atoms with Crippen LogP contribution in [-0.2, 0) is 0 Å². The number of H-pyrrole nitrogens is 2. The lowest BCUT2D eigenvalue weighted by molar-refractivity contribution is 1.03. The highest BCUT2D eigenvalue weighted by Gasteiger charge is 2.04. The number of aromatic nitrogens is 4. The summed E-state index contributed by atoms with van der Waals surface area (Å²) in [5.41, 5.74) is 2.83. The topological polar surface area (TPSA) is 69.4 Å². The SMILES string of the molecule is CNc1cc(-c2cc(C)[nH]n2)[nH]n1. The largest absolute Gasteiger partial charge is 0.372 e. The van der Waals surface area contributed by atoms with Crippen molar-refractivity contribution in [3.05, 3.63) is 17.8 Å². The predicted molar refractivity (Wildman–Crippen MR) is 50.5 cm³/mol. The Morgan fingerprint density at radius 1 is 1.23 bits per heavy atom. The van der Waals surface area contributed by atoms with Crippen LogP contribution in [0.2, 0.25) is 0 Å². The smallest absolute Gasteiger partial charge is 0.148 e. The molecule has 0 aliphatic heterocycles. The average molecular weight is 177 g/mol. The van der Waals surface area contributed by atoms with Crippen LogP contribution in [0.15, 0.2) is 12.1 Å². The second-order valence-corrected chi connectivity index (χ2v) is 2.85. The van der Waals surface area contributed by atoms with E-state index in [1.54, 1.807) is 0 Å². The molecule has 2 heterocycles. The summed E-state index contributed by atoms with van der Waals surface area (Å²) < 4.78 is 0. The minimum Gasteiger partial charge on any atom is -0.372 e. The van der Waals surface area contributed by atoms with Gasteiger partial charge < -0.3 is 5.32 Å². The van der Waals surface area contributed by atoms with Crippen molar-refractivity contribution < 1.29 is 0 Å². The molecule has 0 spiro atoms. The van der Waals surface area contributed by atoms with Crippen LogP contribution in [0.3, 0.4) is 0 Å². The zero-order valence-electron chi connectivity index (χ0n) is 7.55. The molecule has 0 saturated carbocycles. The molecule has 2 rings (SSSR count). The number of aryl methyl sites for hydroxylation is 1. The first-order valence-electron chi connectivity index (χ1n) is 4.05. The molecule has 68 valence electrons. The molecule has 2 aromatic rings. The second-order valence-electron chi connectivity index (χ2n) is 2.85. The third-order valence-electron chi connectivity index (χ3n) is 1.82. The third-order valence-corrected chi connectivity index (χ3v) is 1.82. The van der Waals surface area contributed by atoms with Crippen molar-refractivity contribution in [3.63, 3.8) is 0 Å². The number of anilines is 1. The Kier molecular flexibility index (Phi) is 1.77. The van der Waals surface area contributed by atoms with Gasteiger partial charge in [0, 0.05) is 18.8 Å². The first kappa shape index (κ1) is 7.85. The Labute approximate surface area is 75.6 Å². The van der Waals surface area contributed by atoms with Crippen LogP contribution in [0.25, 0.3) is 11.4 Å². The first-order chi connectivity index (χ1) is 6.29. The Balaban J connectivity index is 2.35. The predicted octanol–water partition coefficient (Wildman–Crippen LogP) is 1.15. The molecule has 0 amide bonds. The van der Waals surface area contributed by atoms with Crippen molar-refractivity contribution in [2.45, 2.75) is 6.92 Å². The van der Waals surface area contributed by atoms with Gasteiger partial charge in [-0.25, -0.2) is 0 Å². The van der Waals surface area contributed by atoms with Crippen molar-refractivity contribution >= 4 is 5.82 Å². The molecule has 0 aliphatic rings. The molecular formula is C8H11N5. The van der Waals surface area contributed by atoms with Gasteiger partial charge in [0.05, 0.1) is 5.69 Å². The van der Waals surface area contributed by atoms with Crippen LogP contribution >= 0.6 is 0 Å². The maximum atomic E-state index is 4.11. The number of hydrogen-bond donors (Lipinski definition) is 3. The van der Waals surface area contributed by atoms with Gasteiger partial charge in [0.2, 0.25) is 0 Å². The minimum atomic E-state index is 0.815. The summed E-state index contributed by atoms with van der Waals surface area (Å²) >= 11 is 0. The lowest BCUT2D eigenvalue weighted by Gasteiger charge is -1.86. The van der Waals surface area contributed by atoms with Crippen molar-refractivity contribution in [2.75, 3.05) is 12.4 Å². The molecule has 13 heavy (non-hydrogen) atoms. The quantitative estimate of drug-likeness (QED) is 0.644. The lowest BCUT2D eigenvalue weighted by atomic mass is 10.3. The van der Waals surface area contributed by atoms with Gasteiger partial charge in [-0.05, 0) is 13.0 Å². The molecule has 2 aromatic heterocycles. The second kappa shape index (κ2) is 2.93. The number of hydrogen-bond acceptors (Lipinski definition) is 3. The van der Waals surface area contributed by atoms with Gasteiger partial charge >= 0.3 is 0 Å². The van der Waals surface area contributed by atoms with E-state index in [0.717, 1.165) is 22.9 Å². The molecule has 5 heteroatoms. The van der Waals surface area contributed by atoms with Gasteiger partial charge in [0.25, 0.3) is 0 Å². The van der Waals surface area contributed by atoms with Gasteiger partial charge in [-0.15, -0.1) is 0 Å². The fraction of sp³-hybridized carbons (Fsp3) is 0.250. The highest BCUT2D eigenvalue weighted by molar-refractivity contribution is 5.58. The number of rotatable bonds is 2. The highest BCUT2D eigenvalue weighted by Crippen LogP contribution is 2.17. The molecule has 0 atom stereocenters. The molecule has 0 saturated heterocycles. The standard InChI is InChI=1S/C8H11N5/c1-5-3-6(11-10-5)7-4-8(9-2)13-12-7/h3-4H,1-2H3,(H,10,11)(H2,9,12,13). The van der Waals surface area contributed by atoms with Gasteiger partial charge in [-0.3, -0.25) is 10.2 Å². The third kappa shape index (κ3) is 1.40. The summed E-state index contributed by atoms with van der Waals surface area (Å²) in [4.78, 5) is 0. The van der Waals surface area contributed by atoms with Crippen LogP contribution in [-0.4, -0.2) is 27.4 Å². The monoisotopic (exact) mass is 177 g/mol. The number of aromatic amines is 2. The fourth-order valence-corrected chi connectivity index (χ4v) is 1.14. The lowest BCUT2D eigenvalue weighted by Crippen LogP contribution is -1.85. The molecule has 3 N–H and O–H groups in total. The summed E-state index contributed by atoms with van der Waals surface area (Å²) in [6, 6.07) is 3.88. The summed E-state index contributed by atoms with van der Waals surface area (Å²) in [6.45, 7) is 1.96. The van der Waals surface area contributed by atoms with E-state index in [1.165, 1.54) is 0 Å². The van der Waals surface area contributed by atoms with Crippen LogP contribution in [0, 0.1) is 6.92 Å². The molecule has 0 unspecified atom stereocenters. The van der Waals surface area contributed by atoms with E-state index in [4.69, 9.17) is 0 Å². The van der Waals surface area contributed by atoms with Crippen LogP contribution in [0.5, 0.6) is 0 Å². The minimum absolute atomic E-state index is 0.815. The normalized spacial score (nSPS) is 10.3. The van der Waals surface area contributed by atoms with E-state index >= 15 is 0 Å². The Morgan fingerprint density at radius 3 is 2.62 bits per heavy atom. The van der Waals surface area contributed by atoms with Gasteiger partial charge in [-0.2, -0.15) is 10.2 Å². The van der Waals surface area contributed by atoms with E-state index in [0.29, 0.717) is 0 Å². The van der Waals surface area contributed by atoms with E-state index < -0.39 is 0 Å². The average Bonchev–Trinajstić information content (AvgIpc) is 2.71. The van der Waals surface area contributed by atoms with Crippen molar-refractivity contribution in [1.29, 1.82) is 0 Å². The van der Waals surface area contributed by atoms with E-state index in [9.17, 15) is 0 Å². The fourth-order valence-electron chi connectivity index (χ4n) is 1.14. The van der Waals surface area contributed by atoms with Gasteiger partial charge in [-0.1, -0.05) is 0 Å². The molecule has 0 radical (unpaired) electrons. The molecular weight excluding hydrogens is 166 g/mol. The summed E-state index contributed by atoms with van der Waals surface area (Å²) in [6.07, 6.45) is 0. The molecule has 0 aromatic carbocycles. The number of nitrogens with one attached hydrogen (secondary N) is 3. The first-order valence-corrected chi connectivity index (χ1v) is 4.05. The molecule has 0 aliphatic carbocycles. The van der Waals surface area contributed by atoms with Crippen molar-refractivity contribution in [3.8, 4) is 11.4 Å². The Morgan fingerprint density at radius 2 is 2.08 bits per heavy atom. The van der Waals surface area contributed by atoms with E-state index in [-0.39, 0.29) is 0 Å². The number of nitrogens with zero attached hydrogens (tertiary/aromatic N) is 2.